The molecule has 1 unspecified atom stereocenters. The lowest BCUT2D eigenvalue weighted by Crippen LogP contribution is -2.34. The second-order valence-corrected chi connectivity index (χ2v) is 3.77. The summed E-state index contributed by atoms with van der Waals surface area (Å²) < 4.78 is 5.50. The molecule has 3 N–H and O–H groups in total. The number of aliphatic hydroxyl groups excluding tert-OH is 1. The van der Waals surface area contributed by atoms with E-state index in [4.69, 9.17) is 15.6 Å². The van der Waals surface area contributed by atoms with Gasteiger partial charge in [0.15, 0.2) is 0 Å². The molecule has 0 aromatic rings. The van der Waals surface area contributed by atoms with Crippen LogP contribution in [0.5, 0.6) is 0 Å². The third-order valence-electron chi connectivity index (χ3n) is 2.83. The van der Waals surface area contributed by atoms with E-state index in [9.17, 15) is 0 Å². The zero-order valence-electron chi connectivity index (χ0n) is 8.24. The first-order valence-corrected chi connectivity index (χ1v) is 5.31. The van der Waals surface area contributed by atoms with E-state index in [-0.39, 0.29) is 12.7 Å². The van der Waals surface area contributed by atoms with Crippen molar-refractivity contribution in [3.63, 3.8) is 0 Å². The Morgan fingerprint density at radius 3 is 2.54 bits per heavy atom. The van der Waals surface area contributed by atoms with Crippen LogP contribution in [0.2, 0.25) is 0 Å². The normalized spacial score (nSPS) is 21.7. The summed E-state index contributed by atoms with van der Waals surface area (Å²) in [5, 5.41) is 8.64. The number of aliphatic hydroxyl groups is 1. The van der Waals surface area contributed by atoms with E-state index in [1.807, 2.05) is 0 Å². The van der Waals surface area contributed by atoms with Gasteiger partial charge in [0.1, 0.15) is 0 Å². The predicted molar refractivity (Wildman–Crippen MR) is 52.5 cm³/mol. The fraction of sp³-hybridized carbons (Fsp3) is 1.00. The molecule has 0 aromatic carbocycles. The summed E-state index contributed by atoms with van der Waals surface area (Å²) in [4.78, 5) is 0. The predicted octanol–water partition coefficient (Wildman–Crippen LogP) is 0.903. The Labute approximate surface area is 80.3 Å². The van der Waals surface area contributed by atoms with Gasteiger partial charge in [-0.3, -0.25) is 0 Å². The Balaban J connectivity index is 2.26. The number of hydrogen-bond acceptors (Lipinski definition) is 3. The van der Waals surface area contributed by atoms with Crippen molar-refractivity contribution in [3.8, 4) is 0 Å². The van der Waals surface area contributed by atoms with E-state index in [1.54, 1.807) is 0 Å². The van der Waals surface area contributed by atoms with E-state index in [0.717, 1.165) is 0 Å². The van der Waals surface area contributed by atoms with Gasteiger partial charge in [-0.05, 0) is 18.8 Å². The molecule has 0 bridgehead atoms. The molecule has 0 heterocycles. The molecule has 1 atom stereocenters. The highest BCUT2D eigenvalue weighted by Crippen LogP contribution is 2.27. The fourth-order valence-corrected chi connectivity index (χ4v) is 2.11. The highest BCUT2D eigenvalue weighted by atomic mass is 16.5. The monoisotopic (exact) mass is 187 g/mol. The molecule has 13 heavy (non-hydrogen) atoms. The van der Waals surface area contributed by atoms with Gasteiger partial charge >= 0.3 is 0 Å². The Morgan fingerprint density at radius 2 is 2.00 bits per heavy atom. The third-order valence-corrected chi connectivity index (χ3v) is 2.83. The average molecular weight is 187 g/mol. The van der Waals surface area contributed by atoms with Crippen LogP contribution in [-0.2, 0) is 4.74 Å². The number of ether oxygens (including phenoxy) is 1. The molecule has 1 saturated carbocycles. The molecule has 0 radical (unpaired) electrons. The van der Waals surface area contributed by atoms with E-state index < -0.39 is 0 Å². The molecule has 0 aromatic heterocycles. The van der Waals surface area contributed by atoms with Gasteiger partial charge in [0, 0.05) is 6.54 Å². The molecule has 3 heteroatoms. The Morgan fingerprint density at radius 1 is 1.31 bits per heavy atom. The SMILES string of the molecule is NCC(OCCO)C1CCCCC1. The molecule has 1 aliphatic carbocycles. The van der Waals surface area contributed by atoms with Gasteiger partial charge in [-0.1, -0.05) is 19.3 Å². The lowest BCUT2D eigenvalue weighted by atomic mass is 9.85. The summed E-state index contributed by atoms with van der Waals surface area (Å²) in [6.07, 6.45) is 6.63. The molecule has 0 aliphatic heterocycles. The molecule has 0 spiro atoms. The summed E-state index contributed by atoms with van der Waals surface area (Å²) in [5.74, 6) is 0.630. The number of rotatable bonds is 5. The van der Waals surface area contributed by atoms with Crippen molar-refractivity contribution in [3.05, 3.63) is 0 Å². The maximum absolute atomic E-state index is 8.64. The van der Waals surface area contributed by atoms with Crippen molar-refractivity contribution < 1.29 is 9.84 Å². The van der Waals surface area contributed by atoms with E-state index in [2.05, 4.69) is 0 Å². The van der Waals surface area contributed by atoms with E-state index in [1.165, 1.54) is 32.1 Å². The summed E-state index contributed by atoms with van der Waals surface area (Å²) in [5.41, 5.74) is 5.64. The second kappa shape index (κ2) is 6.35. The van der Waals surface area contributed by atoms with Crippen LogP contribution in [0, 0.1) is 5.92 Å². The van der Waals surface area contributed by atoms with Gasteiger partial charge in [0.25, 0.3) is 0 Å². The topological polar surface area (TPSA) is 55.5 Å². The smallest absolute Gasteiger partial charge is 0.0726 e. The van der Waals surface area contributed by atoms with Crippen molar-refractivity contribution in [2.75, 3.05) is 19.8 Å². The van der Waals surface area contributed by atoms with Crippen LogP contribution in [-0.4, -0.2) is 31.0 Å². The largest absolute Gasteiger partial charge is 0.394 e. The van der Waals surface area contributed by atoms with Crippen LogP contribution in [0.15, 0.2) is 0 Å². The van der Waals surface area contributed by atoms with Crippen LogP contribution in [0.25, 0.3) is 0 Å². The first kappa shape index (κ1) is 11.0. The number of nitrogens with two attached hydrogens (primary N) is 1. The summed E-state index contributed by atoms with van der Waals surface area (Å²) in [7, 11) is 0. The Kier molecular flexibility index (Phi) is 5.35. The zero-order valence-corrected chi connectivity index (χ0v) is 8.24. The van der Waals surface area contributed by atoms with Gasteiger partial charge in [-0.25, -0.2) is 0 Å². The highest BCUT2D eigenvalue weighted by Gasteiger charge is 2.22. The van der Waals surface area contributed by atoms with Crippen molar-refractivity contribution in [2.45, 2.75) is 38.2 Å². The van der Waals surface area contributed by atoms with Gasteiger partial charge in [0.2, 0.25) is 0 Å². The van der Waals surface area contributed by atoms with Crippen molar-refractivity contribution >= 4 is 0 Å². The van der Waals surface area contributed by atoms with Crippen LogP contribution in [0.4, 0.5) is 0 Å². The fourth-order valence-electron chi connectivity index (χ4n) is 2.11. The average Bonchev–Trinajstić information content (AvgIpc) is 2.21. The van der Waals surface area contributed by atoms with Crippen LogP contribution >= 0.6 is 0 Å². The van der Waals surface area contributed by atoms with Crippen molar-refractivity contribution in [2.24, 2.45) is 11.7 Å². The van der Waals surface area contributed by atoms with E-state index >= 15 is 0 Å². The third kappa shape index (κ3) is 3.63. The lowest BCUT2D eigenvalue weighted by Gasteiger charge is -2.29. The molecular weight excluding hydrogens is 166 g/mol. The first-order chi connectivity index (χ1) is 6.38. The lowest BCUT2D eigenvalue weighted by molar-refractivity contribution is -0.00957. The molecule has 1 rings (SSSR count). The highest BCUT2D eigenvalue weighted by molar-refractivity contribution is 4.75. The minimum absolute atomic E-state index is 0.100. The van der Waals surface area contributed by atoms with Gasteiger partial charge in [0.05, 0.1) is 19.3 Å². The molecule has 3 nitrogen and oxygen atoms in total. The van der Waals surface area contributed by atoms with Crippen LogP contribution in [0.1, 0.15) is 32.1 Å². The first-order valence-electron chi connectivity index (χ1n) is 5.31. The van der Waals surface area contributed by atoms with Crippen molar-refractivity contribution in [1.29, 1.82) is 0 Å². The standard InChI is InChI=1S/C10H21NO2/c11-8-10(13-7-6-12)9-4-2-1-3-5-9/h9-10,12H,1-8,11H2. The molecule has 1 aliphatic rings. The Bertz CT molecular complexity index is 124. The van der Waals surface area contributed by atoms with Crippen LogP contribution < -0.4 is 5.73 Å². The zero-order chi connectivity index (χ0) is 9.52. The molecule has 0 saturated heterocycles. The molecule has 1 fully saturated rings. The maximum Gasteiger partial charge on any atom is 0.0726 e. The molecule has 78 valence electrons. The quantitative estimate of drug-likeness (QED) is 0.672. The molecular formula is C10H21NO2. The summed E-state index contributed by atoms with van der Waals surface area (Å²) in [6, 6.07) is 0. The van der Waals surface area contributed by atoms with Gasteiger partial charge in [-0.2, -0.15) is 0 Å². The maximum atomic E-state index is 8.64. The minimum atomic E-state index is 0.100. The second-order valence-electron chi connectivity index (χ2n) is 3.77. The summed E-state index contributed by atoms with van der Waals surface area (Å²) in [6.45, 7) is 1.12. The van der Waals surface area contributed by atoms with Crippen molar-refractivity contribution in [1.82, 2.24) is 0 Å². The molecule has 0 amide bonds. The minimum Gasteiger partial charge on any atom is -0.394 e. The van der Waals surface area contributed by atoms with Crippen LogP contribution in [0.3, 0.4) is 0 Å². The number of hydrogen-bond donors (Lipinski definition) is 2. The Hall–Kier alpha value is -0.120. The van der Waals surface area contributed by atoms with Gasteiger partial charge in [-0.15, -0.1) is 0 Å². The summed E-state index contributed by atoms with van der Waals surface area (Å²) >= 11 is 0. The van der Waals surface area contributed by atoms with Gasteiger partial charge < -0.3 is 15.6 Å². The van der Waals surface area contributed by atoms with E-state index in [0.29, 0.717) is 19.1 Å².